The van der Waals surface area contributed by atoms with Gasteiger partial charge in [-0.2, -0.15) is 9.61 Å². The van der Waals surface area contributed by atoms with Crippen molar-refractivity contribution in [3.8, 4) is 11.1 Å². The standard InChI is InChI=1S/C24H25BFN7O2/c25-22-20(13-28-17-3-6-32(7-4-17)21(35)5-8-34)31-24-18(12-30-33(24)23(22)27)15-9-14-10-16(26)1-2-19(14)29-11-15/h1-2,9-12,17,28,34H,3-8,13,27H2. The summed E-state index contributed by atoms with van der Waals surface area (Å²) in [6.07, 6.45) is 5.11. The first kappa shape index (κ1) is 23.2. The molecule has 1 saturated heterocycles. The van der Waals surface area contributed by atoms with Gasteiger partial charge in [-0.1, -0.05) is 0 Å². The van der Waals surface area contributed by atoms with Gasteiger partial charge in [-0.15, -0.1) is 0 Å². The maximum atomic E-state index is 13.7. The third-order valence-electron chi connectivity index (χ3n) is 6.49. The Hall–Kier alpha value is -3.57. The van der Waals surface area contributed by atoms with Crippen LogP contribution in [-0.4, -0.2) is 69.1 Å². The molecule has 0 spiro atoms. The van der Waals surface area contributed by atoms with Crippen molar-refractivity contribution in [2.45, 2.75) is 31.8 Å². The summed E-state index contributed by atoms with van der Waals surface area (Å²) in [5, 5.41) is 17.5. The molecule has 9 nitrogen and oxygen atoms in total. The number of nitrogens with zero attached hydrogens (tertiary/aromatic N) is 5. The lowest BCUT2D eigenvalue weighted by atomic mass is 9.93. The molecule has 4 N–H and O–H groups in total. The first-order valence-corrected chi connectivity index (χ1v) is 11.5. The molecule has 1 amide bonds. The lowest BCUT2D eigenvalue weighted by Gasteiger charge is -2.32. The normalized spacial score (nSPS) is 14.7. The lowest BCUT2D eigenvalue weighted by molar-refractivity contribution is -0.133. The van der Waals surface area contributed by atoms with Crippen LogP contribution in [0.4, 0.5) is 10.2 Å². The molecule has 0 atom stereocenters. The van der Waals surface area contributed by atoms with Crippen molar-refractivity contribution in [2.75, 3.05) is 25.4 Å². The number of aliphatic hydroxyl groups excluding tert-OH is 1. The van der Waals surface area contributed by atoms with Crippen molar-refractivity contribution in [1.82, 2.24) is 29.8 Å². The minimum absolute atomic E-state index is 0.0192. The fraction of sp³-hybridized carbons (Fsp3) is 0.333. The Morgan fingerprint density at radius 1 is 1.26 bits per heavy atom. The number of carbonyl (C=O) groups is 1. The van der Waals surface area contributed by atoms with Crippen LogP contribution in [0.3, 0.4) is 0 Å². The van der Waals surface area contributed by atoms with Gasteiger partial charge in [-0.3, -0.25) is 9.78 Å². The number of likely N-dealkylation sites (tertiary alicyclic amines) is 1. The highest BCUT2D eigenvalue weighted by molar-refractivity contribution is 6.36. The quantitative estimate of drug-likeness (QED) is 0.356. The van der Waals surface area contributed by atoms with Gasteiger partial charge in [0.2, 0.25) is 5.91 Å². The number of carbonyl (C=O) groups excluding carboxylic acids is 1. The molecule has 11 heteroatoms. The van der Waals surface area contributed by atoms with Crippen LogP contribution in [0, 0.1) is 5.82 Å². The van der Waals surface area contributed by atoms with Crippen LogP contribution in [-0.2, 0) is 11.3 Å². The first-order chi connectivity index (χ1) is 16.9. The molecule has 1 aromatic carbocycles. The zero-order valence-electron chi connectivity index (χ0n) is 19.1. The van der Waals surface area contributed by atoms with Gasteiger partial charge < -0.3 is 21.1 Å². The monoisotopic (exact) mass is 473 g/mol. The number of piperidine rings is 1. The molecule has 35 heavy (non-hydrogen) atoms. The highest BCUT2D eigenvalue weighted by Crippen LogP contribution is 2.27. The van der Waals surface area contributed by atoms with Gasteiger partial charge in [-0.05, 0) is 42.6 Å². The summed E-state index contributed by atoms with van der Waals surface area (Å²) in [5.74, 6) is -0.0556. The Morgan fingerprint density at radius 2 is 2.06 bits per heavy atom. The van der Waals surface area contributed by atoms with E-state index in [2.05, 4.69) is 15.4 Å². The summed E-state index contributed by atoms with van der Waals surface area (Å²) in [6.45, 7) is 1.56. The molecule has 0 bridgehead atoms. The Balaban J connectivity index is 1.37. The van der Waals surface area contributed by atoms with Gasteiger partial charge in [0.25, 0.3) is 0 Å². The predicted molar refractivity (Wildman–Crippen MR) is 132 cm³/mol. The molecule has 3 aromatic heterocycles. The van der Waals surface area contributed by atoms with Crippen molar-refractivity contribution >= 4 is 41.6 Å². The van der Waals surface area contributed by atoms with E-state index in [4.69, 9.17) is 23.7 Å². The van der Waals surface area contributed by atoms with Crippen LogP contribution >= 0.6 is 0 Å². The first-order valence-electron chi connectivity index (χ1n) is 11.5. The number of pyridine rings is 1. The van der Waals surface area contributed by atoms with Crippen LogP contribution in [0.25, 0.3) is 27.7 Å². The van der Waals surface area contributed by atoms with Crippen LogP contribution < -0.4 is 16.5 Å². The Bertz CT molecular complexity index is 1400. The lowest BCUT2D eigenvalue weighted by Crippen LogP contribution is -2.45. The number of nitrogens with two attached hydrogens (primary N) is 1. The Morgan fingerprint density at radius 3 is 2.83 bits per heavy atom. The maximum Gasteiger partial charge on any atom is 0.224 e. The van der Waals surface area contributed by atoms with Crippen LogP contribution in [0.2, 0.25) is 0 Å². The van der Waals surface area contributed by atoms with Crippen molar-refractivity contribution in [3.05, 3.63) is 48.2 Å². The zero-order chi connectivity index (χ0) is 24.5. The molecular weight excluding hydrogens is 448 g/mol. The smallest absolute Gasteiger partial charge is 0.224 e. The molecule has 1 fully saturated rings. The Labute approximate surface area is 202 Å². The number of anilines is 1. The molecule has 0 saturated carbocycles. The van der Waals surface area contributed by atoms with E-state index in [0.29, 0.717) is 58.7 Å². The number of nitrogens with one attached hydrogen (secondary N) is 1. The van der Waals surface area contributed by atoms with Crippen molar-refractivity contribution in [3.63, 3.8) is 0 Å². The topological polar surface area (TPSA) is 122 Å². The van der Waals surface area contributed by atoms with Gasteiger partial charge >= 0.3 is 0 Å². The van der Waals surface area contributed by atoms with E-state index >= 15 is 0 Å². The fourth-order valence-electron chi connectivity index (χ4n) is 4.49. The predicted octanol–water partition coefficient (Wildman–Crippen LogP) is 0.923. The molecule has 4 aromatic rings. The highest BCUT2D eigenvalue weighted by atomic mass is 19.1. The second kappa shape index (κ2) is 9.59. The van der Waals surface area contributed by atoms with Crippen molar-refractivity contribution in [1.29, 1.82) is 0 Å². The SMILES string of the molecule is [B]c1c(CNC2CCN(C(=O)CCO)CC2)nc2c(-c3cnc4ccc(F)cc4c3)cnn2c1N. The molecule has 0 aliphatic carbocycles. The summed E-state index contributed by atoms with van der Waals surface area (Å²) >= 11 is 0. The number of nitrogen functional groups attached to an aromatic ring is 1. The number of aliphatic hydroxyl groups is 1. The van der Waals surface area contributed by atoms with Gasteiger partial charge in [0.1, 0.15) is 19.5 Å². The largest absolute Gasteiger partial charge is 0.396 e. The number of hydrogen-bond acceptors (Lipinski definition) is 7. The minimum Gasteiger partial charge on any atom is -0.396 e. The maximum absolute atomic E-state index is 13.7. The number of aromatic nitrogens is 4. The van der Waals surface area contributed by atoms with Crippen LogP contribution in [0.5, 0.6) is 0 Å². The van der Waals surface area contributed by atoms with E-state index in [1.54, 1.807) is 23.4 Å². The van der Waals surface area contributed by atoms with E-state index in [9.17, 15) is 9.18 Å². The van der Waals surface area contributed by atoms with E-state index in [0.717, 1.165) is 18.4 Å². The van der Waals surface area contributed by atoms with Crippen LogP contribution in [0.1, 0.15) is 25.0 Å². The van der Waals surface area contributed by atoms with Gasteiger partial charge in [-0.25, -0.2) is 9.37 Å². The average molecular weight is 473 g/mol. The zero-order valence-corrected chi connectivity index (χ0v) is 19.1. The third-order valence-corrected chi connectivity index (χ3v) is 6.49. The summed E-state index contributed by atoms with van der Waals surface area (Å²) in [5.41, 5.74) is 9.94. The average Bonchev–Trinajstić information content (AvgIpc) is 3.29. The third kappa shape index (κ3) is 4.56. The number of hydrogen-bond donors (Lipinski definition) is 3. The van der Waals surface area contributed by atoms with E-state index in [-0.39, 0.29) is 30.8 Å². The highest BCUT2D eigenvalue weighted by Gasteiger charge is 2.23. The molecule has 4 heterocycles. The number of halogens is 1. The molecule has 1 aliphatic rings. The summed E-state index contributed by atoms with van der Waals surface area (Å²) in [6, 6.07) is 6.51. The Kier molecular flexibility index (Phi) is 6.35. The van der Waals surface area contributed by atoms with Gasteiger partial charge in [0, 0.05) is 54.8 Å². The van der Waals surface area contributed by atoms with E-state index < -0.39 is 0 Å². The molecule has 5 rings (SSSR count). The molecular formula is C24H25BFN7O2. The van der Waals surface area contributed by atoms with E-state index in [1.807, 2.05) is 6.07 Å². The second-order valence-electron chi connectivity index (χ2n) is 8.72. The summed E-state index contributed by atoms with van der Waals surface area (Å²) in [7, 11) is 6.28. The molecule has 178 valence electrons. The number of rotatable bonds is 6. The second-order valence-corrected chi connectivity index (χ2v) is 8.72. The van der Waals surface area contributed by atoms with Crippen LogP contribution in [0.15, 0.2) is 36.7 Å². The summed E-state index contributed by atoms with van der Waals surface area (Å²) < 4.78 is 15.2. The van der Waals surface area contributed by atoms with Crippen molar-refractivity contribution in [2.24, 2.45) is 0 Å². The minimum atomic E-state index is -0.330. The fourth-order valence-corrected chi connectivity index (χ4v) is 4.49. The van der Waals surface area contributed by atoms with Gasteiger partial charge in [0.05, 0.1) is 24.0 Å². The number of benzene rings is 1. The van der Waals surface area contributed by atoms with Gasteiger partial charge in [0.15, 0.2) is 5.65 Å². The molecule has 0 unspecified atom stereocenters. The number of fused-ring (bicyclic) bond motifs is 2. The molecule has 1 aliphatic heterocycles. The number of amides is 1. The van der Waals surface area contributed by atoms with E-state index in [1.165, 1.54) is 16.6 Å². The molecule has 2 radical (unpaired) electrons. The van der Waals surface area contributed by atoms with Crippen molar-refractivity contribution < 1.29 is 14.3 Å². The summed E-state index contributed by atoms with van der Waals surface area (Å²) in [4.78, 5) is 23.0.